The predicted octanol–water partition coefficient (Wildman–Crippen LogP) is 2.24. The number of carboxylic acid groups (broad SMARTS) is 1. The lowest BCUT2D eigenvalue weighted by Gasteiger charge is -2.09. The van der Waals surface area contributed by atoms with Gasteiger partial charge in [0.15, 0.2) is 6.29 Å². The molecule has 0 spiro atoms. The summed E-state index contributed by atoms with van der Waals surface area (Å²) in [5, 5.41) is 14.1. The maximum atomic E-state index is 11.3. The molecule has 1 N–H and O–H groups in total. The highest BCUT2D eigenvalue weighted by molar-refractivity contribution is 6.04. The van der Waals surface area contributed by atoms with Crippen LogP contribution in [0.2, 0.25) is 0 Å². The average molecular weight is 281 g/mol. The zero-order valence-electron chi connectivity index (χ0n) is 11.1. The number of aryl methyl sites for hydroxylation is 1. The molecule has 0 radical (unpaired) electrons. The van der Waals surface area contributed by atoms with Crippen LogP contribution in [-0.2, 0) is 0 Å². The zero-order valence-corrected chi connectivity index (χ0v) is 11.1. The van der Waals surface area contributed by atoms with E-state index in [9.17, 15) is 14.7 Å². The van der Waals surface area contributed by atoms with Crippen LogP contribution in [0.3, 0.4) is 0 Å². The molecule has 0 atom stereocenters. The molecule has 104 valence electrons. The largest absolute Gasteiger partial charge is 0.478 e. The maximum Gasteiger partial charge on any atom is 0.337 e. The number of carbonyl (C=O) groups is 2. The smallest absolute Gasteiger partial charge is 0.337 e. The first-order valence-corrected chi connectivity index (χ1v) is 6.25. The molecule has 0 unspecified atom stereocenters. The first-order valence-electron chi connectivity index (χ1n) is 6.25. The molecule has 1 aromatic carbocycles. The molecule has 0 aliphatic carbocycles. The van der Waals surface area contributed by atoms with E-state index in [1.807, 2.05) is 6.92 Å². The van der Waals surface area contributed by atoms with Gasteiger partial charge in [-0.3, -0.25) is 9.78 Å². The molecule has 6 heteroatoms. The van der Waals surface area contributed by atoms with Crippen LogP contribution >= 0.6 is 0 Å². The molecular formula is C15H11N3O3. The highest BCUT2D eigenvalue weighted by Gasteiger charge is 2.15. The van der Waals surface area contributed by atoms with E-state index in [1.165, 1.54) is 6.07 Å². The van der Waals surface area contributed by atoms with Gasteiger partial charge in [-0.1, -0.05) is 0 Å². The van der Waals surface area contributed by atoms with Gasteiger partial charge in [0.1, 0.15) is 5.69 Å². The van der Waals surface area contributed by atoms with Gasteiger partial charge in [0, 0.05) is 17.3 Å². The minimum atomic E-state index is -1.03. The van der Waals surface area contributed by atoms with E-state index >= 15 is 0 Å². The number of rotatable bonds is 3. The lowest BCUT2D eigenvalue weighted by atomic mass is 10.1. The number of aldehydes is 1. The number of hydrogen-bond acceptors (Lipinski definition) is 4. The number of hydrogen-bond donors (Lipinski definition) is 1. The molecule has 0 amide bonds. The van der Waals surface area contributed by atoms with Gasteiger partial charge in [-0.25, -0.2) is 9.48 Å². The standard InChI is InChI=1S/C15H11N3O3/c1-9-7-10(8-19)17-18(9)13-5-4-12(15(20)21)14-11(13)3-2-6-16-14/h2-8H,1H3,(H,20,21). The van der Waals surface area contributed by atoms with Gasteiger partial charge in [0.25, 0.3) is 0 Å². The molecule has 2 heterocycles. The fourth-order valence-corrected chi connectivity index (χ4v) is 2.31. The maximum absolute atomic E-state index is 11.3. The number of carboxylic acids is 1. The molecule has 0 aliphatic heterocycles. The third-order valence-electron chi connectivity index (χ3n) is 3.23. The van der Waals surface area contributed by atoms with Crippen molar-refractivity contribution < 1.29 is 14.7 Å². The van der Waals surface area contributed by atoms with Crippen LogP contribution < -0.4 is 0 Å². The fraction of sp³-hybridized carbons (Fsp3) is 0.0667. The highest BCUT2D eigenvalue weighted by Crippen LogP contribution is 2.25. The molecule has 21 heavy (non-hydrogen) atoms. The molecule has 2 aromatic heterocycles. The molecule has 6 nitrogen and oxygen atoms in total. The Labute approximate surface area is 119 Å². The third kappa shape index (κ3) is 2.06. The van der Waals surface area contributed by atoms with Crippen molar-refractivity contribution in [2.75, 3.05) is 0 Å². The second kappa shape index (κ2) is 4.82. The van der Waals surface area contributed by atoms with Gasteiger partial charge < -0.3 is 5.11 Å². The van der Waals surface area contributed by atoms with Crippen molar-refractivity contribution >= 4 is 23.2 Å². The van der Waals surface area contributed by atoms with E-state index < -0.39 is 5.97 Å². The number of carbonyl (C=O) groups excluding carboxylic acids is 1. The Bertz CT molecular complexity index is 868. The molecule has 0 bridgehead atoms. The minimum absolute atomic E-state index is 0.134. The Morgan fingerprint density at radius 3 is 2.81 bits per heavy atom. The molecule has 0 aliphatic rings. The second-order valence-electron chi connectivity index (χ2n) is 4.58. The van der Waals surface area contributed by atoms with Crippen molar-refractivity contribution in [3.63, 3.8) is 0 Å². The van der Waals surface area contributed by atoms with Crippen LogP contribution in [0.1, 0.15) is 26.5 Å². The summed E-state index contributed by atoms with van der Waals surface area (Å²) in [6.07, 6.45) is 2.22. The van der Waals surface area contributed by atoms with Crippen LogP contribution in [0.25, 0.3) is 16.6 Å². The number of benzene rings is 1. The fourth-order valence-electron chi connectivity index (χ4n) is 2.31. The van der Waals surface area contributed by atoms with Gasteiger partial charge in [-0.05, 0) is 37.3 Å². The number of pyridine rings is 1. The van der Waals surface area contributed by atoms with E-state index in [-0.39, 0.29) is 5.56 Å². The third-order valence-corrected chi connectivity index (χ3v) is 3.23. The van der Waals surface area contributed by atoms with Crippen molar-refractivity contribution in [1.29, 1.82) is 0 Å². The van der Waals surface area contributed by atoms with Crippen molar-refractivity contribution in [3.05, 3.63) is 53.5 Å². The van der Waals surface area contributed by atoms with E-state index in [1.54, 1.807) is 35.1 Å². The molecule has 3 rings (SSSR count). The quantitative estimate of drug-likeness (QED) is 0.744. The van der Waals surface area contributed by atoms with Crippen LogP contribution in [0.4, 0.5) is 0 Å². The lowest BCUT2D eigenvalue weighted by Crippen LogP contribution is -2.04. The number of nitrogens with zero attached hydrogens (tertiary/aromatic N) is 3. The summed E-state index contributed by atoms with van der Waals surface area (Å²) in [7, 11) is 0. The van der Waals surface area contributed by atoms with Gasteiger partial charge in [-0.15, -0.1) is 0 Å². The second-order valence-corrected chi connectivity index (χ2v) is 4.58. The Balaban J connectivity index is 2.34. The highest BCUT2D eigenvalue weighted by atomic mass is 16.4. The van der Waals surface area contributed by atoms with Crippen LogP contribution in [0, 0.1) is 6.92 Å². The molecule has 0 saturated carbocycles. The first kappa shape index (κ1) is 13.0. The predicted molar refractivity (Wildman–Crippen MR) is 75.9 cm³/mol. The Hall–Kier alpha value is -3.02. The summed E-state index contributed by atoms with van der Waals surface area (Å²) in [4.78, 5) is 26.3. The van der Waals surface area contributed by atoms with Crippen LogP contribution in [-0.4, -0.2) is 32.1 Å². The first-order chi connectivity index (χ1) is 10.1. The van der Waals surface area contributed by atoms with Gasteiger partial charge >= 0.3 is 5.97 Å². The van der Waals surface area contributed by atoms with E-state index in [4.69, 9.17) is 0 Å². The summed E-state index contributed by atoms with van der Waals surface area (Å²) >= 11 is 0. The lowest BCUT2D eigenvalue weighted by molar-refractivity contribution is 0.0698. The summed E-state index contributed by atoms with van der Waals surface area (Å²) in [5.74, 6) is -1.03. The van der Waals surface area contributed by atoms with Crippen LogP contribution in [0.5, 0.6) is 0 Å². The van der Waals surface area contributed by atoms with Crippen molar-refractivity contribution in [2.45, 2.75) is 6.92 Å². The Kier molecular flexibility index (Phi) is 2.98. The average Bonchev–Trinajstić information content (AvgIpc) is 2.87. The zero-order chi connectivity index (χ0) is 15.0. The van der Waals surface area contributed by atoms with E-state index in [0.717, 1.165) is 5.69 Å². The number of aromatic nitrogens is 3. The Morgan fingerprint density at radius 1 is 1.33 bits per heavy atom. The number of aromatic carboxylic acids is 1. The molecular weight excluding hydrogens is 270 g/mol. The minimum Gasteiger partial charge on any atom is -0.478 e. The van der Waals surface area contributed by atoms with Crippen molar-refractivity contribution in [1.82, 2.24) is 14.8 Å². The van der Waals surface area contributed by atoms with E-state index in [2.05, 4.69) is 10.1 Å². The summed E-state index contributed by atoms with van der Waals surface area (Å²) < 4.78 is 1.61. The Morgan fingerprint density at radius 2 is 2.14 bits per heavy atom. The summed E-state index contributed by atoms with van der Waals surface area (Å²) in [6.45, 7) is 1.83. The van der Waals surface area contributed by atoms with Gasteiger partial charge in [0.05, 0.1) is 16.8 Å². The van der Waals surface area contributed by atoms with Crippen molar-refractivity contribution in [2.24, 2.45) is 0 Å². The molecule has 3 aromatic rings. The van der Waals surface area contributed by atoms with Gasteiger partial charge in [-0.2, -0.15) is 5.10 Å². The number of fused-ring (bicyclic) bond motifs is 1. The molecule has 0 fully saturated rings. The summed E-state index contributed by atoms with van der Waals surface area (Å²) in [5.41, 5.74) is 2.32. The van der Waals surface area contributed by atoms with Gasteiger partial charge in [0.2, 0.25) is 0 Å². The van der Waals surface area contributed by atoms with Crippen LogP contribution in [0.15, 0.2) is 36.5 Å². The SMILES string of the molecule is Cc1cc(C=O)nn1-c1ccc(C(=O)O)c2ncccc12. The summed E-state index contributed by atoms with van der Waals surface area (Å²) in [6, 6.07) is 8.35. The normalized spacial score (nSPS) is 10.7. The van der Waals surface area contributed by atoms with Crippen molar-refractivity contribution in [3.8, 4) is 5.69 Å². The molecule has 0 saturated heterocycles. The topological polar surface area (TPSA) is 85.1 Å². The monoisotopic (exact) mass is 281 g/mol. The van der Waals surface area contributed by atoms with E-state index in [0.29, 0.717) is 28.6 Å².